The van der Waals surface area contributed by atoms with Crippen LogP contribution in [0, 0.1) is 0 Å². The highest BCUT2D eigenvalue weighted by molar-refractivity contribution is 7.99. The molecule has 0 fully saturated rings. The largest absolute Gasteiger partial charge is 0.348 e. The number of hydrogen-bond donors (Lipinski definition) is 0. The van der Waals surface area contributed by atoms with Crippen LogP contribution in [0.4, 0.5) is 0 Å². The van der Waals surface area contributed by atoms with E-state index >= 15 is 0 Å². The highest BCUT2D eigenvalue weighted by atomic mass is 35.5. The van der Waals surface area contributed by atoms with Gasteiger partial charge in [-0.15, -0.1) is 0 Å². The van der Waals surface area contributed by atoms with Crippen molar-refractivity contribution in [2.75, 3.05) is 19.8 Å². The van der Waals surface area contributed by atoms with Crippen LogP contribution in [0.1, 0.15) is 0 Å². The average Bonchev–Trinajstić information content (AvgIpc) is 2.84. The van der Waals surface area contributed by atoms with Gasteiger partial charge in [0.15, 0.2) is 5.16 Å². The molecule has 6 heteroatoms. The maximum absolute atomic E-state index is 11.6. The predicted octanol–water partition coefficient (Wildman–Crippen LogP) is 2.71. The highest BCUT2D eigenvalue weighted by Gasteiger charge is 2.10. The van der Waals surface area contributed by atoms with Gasteiger partial charge in [0, 0.05) is 37.2 Å². The van der Waals surface area contributed by atoms with Gasteiger partial charge >= 0.3 is 0 Å². The Hall–Kier alpha value is -1.46. The van der Waals surface area contributed by atoms with Crippen molar-refractivity contribution in [2.24, 2.45) is 0 Å². The maximum atomic E-state index is 11.6. The summed E-state index contributed by atoms with van der Waals surface area (Å²) in [6, 6.07) is 7.52. The fourth-order valence-corrected chi connectivity index (χ4v) is 2.61. The third-order valence-corrected chi connectivity index (χ3v) is 3.70. The van der Waals surface area contributed by atoms with Gasteiger partial charge in [-0.1, -0.05) is 29.4 Å². The lowest BCUT2D eigenvalue weighted by Crippen LogP contribution is -2.23. The summed E-state index contributed by atoms with van der Waals surface area (Å²) >= 11 is 7.39. The smallest absolute Gasteiger partial charge is 0.232 e. The zero-order chi connectivity index (χ0) is 13.8. The maximum Gasteiger partial charge on any atom is 0.232 e. The van der Waals surface area contributed by atoms with Gasteiger partial charge in [0.2, 0.25) is 5.91 Å². The number of halogens is 1. The minimum atomic E-state index is 0.0608. The van der Waals surface area contributed by atoms with Crippen molar-refractivity contribution >= 4 is 29.3 Å². The average molecular weight is 296 g/mol. The molecule has 1 aromatic carbocycles. The van der Waals surface area contributed by atoms with Crippen LogP contribution in [0.15, 0.2) is 41.8 Å². The van der Waals surface area contributed by atoms with E-state index in [0.29, 0.717) is 10.8 Å². The number of hydrogen-bond acceptors (Lipinski definition) is 3. The van der Waals surface area contributed by atoms with E-state index in [1.165, 1.54) is 11.8 Å². The number of amides is 1. The summed E-state index contributed by atoms with van der Waals surface area (Å²) in [4.78, 5) is 17.4. The third-order valence-electron chi connectivity index (χ3n) is 2.52. The van der Waals surface area contributed by atoms with Crippen LogP contribution in [-0.4, -0.2) is 40.2 Å². The van der Waals surface area contributed by atoms with Crippen molar-refractivity contribution in [1.29, 1.82) is 0 Å². The molecule has 19 heavy (non-hydrogen) atoms. The molecule has 0 radical (unpaired) electrons. The minimum absolute atomic E-state index is 0.0608. The Labute approximate surface area is 121 Å². The standard InChI is InChI=1S/C13H14ClN3OS/c1-16(2)12(18)9-19-13-15-6-7-17(13)11-5-3-4-10(14)8-11/h3-8H,9H2,1-2H3. The molecule has 0 saturated carbocycles. The summed E-state index contributed by atoms with van der Waals surface area (Å²) in [6.45, 7) is 0. The van der Waals surface area contributed by atoms with Crippen LogP contribution in [0.25, 0.3) is 5.69 Å². The summed E-state index contributed by atoms with van der Waals surface area (Å²) in [6.07, 6.45) is 3.57. The van der Waals surface area contributed by atoms with Crippen LogP contribution >= 0.6 is 23.4 Å². The normalized spacial score (nSPS) is 10.5. The number of benzene rings is 1. The number of carbonyl (C=O) groups excluding carboxylic acids is 1. The minimum Gasteiger partial charge on any atom is -0.348 e. The Kier molecular flexibility index (Phi) is 4.50. The van der Waals surface area contributed by atoms with E-state index in [-0.39, 0.29) is 5.91 Å². The van der Waals surface area contributed by atoms with Crippen LogP contribution < -0.4 is 0 Å². The molecule has 4 nitrogen and oxygen atoms in total. The number of aromatic nitrogens is 2. The van der Waals surface area contributed by atoms with Gasteiger partial charge in [0.05, 0.1) is 5.75 Å². The van der Waals surface area contributed by atoms with E-state index in [1.54, 1.807) is 25.2 Å². The summed E-state index contributed by atoms with van der Waals surface area (Å²) in [5, 5.41) is 1.45. The van der Waals surface area contributed by atoms with Crippen molar-refractivity contribution < 1.29 is 4.79 Å². The van der Waals surface area contributed by atoms with Crippen LogP contribution in [0.3, 0.4) is 0 Å². The first-order valence-electron chi connectivity index (χ1n) is 5.70. The van der Waals surface area contributed by atoms with E-state index in [0.717, 1.165) is 10.8 Å². The monoisotopic (exact) mass is 295 g/mol. The van der Waals surface area contributed by atoms with Crippen molar-refractivity contribution in [2.45, 2.75) is 5.16 Å². The van der Waals surface area contributed by atoms with Gasteiger partial charge in [-0.25, -0.2) is 4.98 Å². The Bertz CT molecular complexity index is 583. The van der Waals surface area contributed by atoms with Crippen molar-refractivity contribution in [1.82, 2.24) is 14.5 Å². The van der Waals surface area contributed by atoms with Crippen LogP contribution in [-0.2, 0) is 4.79 Å². The quantitative estimate of drug-likeness (QED) is 0.814. The third kappa shape index (κ3) is 3.52. The molecular formula is C13H14ClN3OS. The summed E-state index contributed by atoms with van der Waals surface area (Å²) in [5.41, 5.74) is 0.935. The summed E-state index contributed by atoms with van der Waals surface area (Å²) in [7, 11) is 3.48. The Morgan fingerprint density at radius 3 is 2.95 bits per heavy atom. The van der Waals surface area contributed by atoms with Crippen LogP contribution in [0.2, 0.25) is 5.02 Å². The van der Waals surface area contributed by atoms with Crippen molar-refractivity contribution in [3.8, 4) is 5.69 Å². The van der Waals surface area contributed by atoms with Gasteiger partial charge in [-0.2, -0.15) is 0 Å². The fraction of sp³-hybridized carbons (Fsp3) is 0.231. The molecule has 1 heterocycles. The number of rotatable bonds is 4. The van der Waals surface area contributed by atoms with E-state index < -0.39 is 0 Å². The summed E-state index contributed by atoms with van der Waals surface area (Å²) < 4.78 is 1.92. The van der Waals surface area contributed by atoms with E-state index in [4.69, 9.17) is 11.6 Å². The molecule has 0 N–H and O–H groups in total. The molecule has 0 spiro atoms. The van der Waals surface area contributed by atoms with Gasteiger partial charge in [-0.05, 0) is 18.2 Å². The van der Waals surface area contributed by atoms with E-state index in [2.05, 4.69) is 4.98 Å². The molecule has 0 atom stereocenters. The fourth-order valence-electron chi connectivity index (χ4n) is 1.47. The van der Waals surface area contributed by atoms with E-state index in [1.807, 2.05) is 35.0 Å². The topological polar surface area (TPSA) is 38.1 Å². The second kappa shape index (κ2) is 6.12. The van der Waals surface area contributed by atoms with Crippen molar-refractivity contribution in [3.05, 3.63) is 41.7 Å². The first kappa shape index (κ1) is 14.0. The molecule has 1 aromatic heterocycles. The molecule has 100 valence electrons. The molecule has 2 rings (SSSR count). The Balaban J connectivity index is 2.16. The molecule has 2 aromatic rings. The Morgan fingerprint density at radius 1 is 1.47 bits per heavy atom. The number of thioether (sulfide) groups is 1. The van der Waals surface area contributed by atoms with Crippen LogP contribution in [0.5, 0.6) is 0 Å². The highest BCUT2D eigenvalue weighted by Crippen LogP contribution is 2.22. The van der Waals surface area contributed by atoms with E-state index in [9.17, 15) is 4.79 Å². The predicted molar refractivity (Wildman–Crippen MR) is 78.0 cm³/mol. The zero-order valence-electron chi connectivity index (χ0n) is 10.7. The number of nitrogens with zero attached hydrogens (tertiary/aromatic N) is 3. The molecule has 0 aliphatic rings. The molecular weight excluding hydrogens is 282 g/mol. The molecule has 0 unspecified atom stereocenters. The van der Waals surface area contributed by atoms with Gasteiger partial charge in [-0.3, -0.25) is 9.36 Å². The SMILES string of the molecule is CN(C)C(=O)CSc1nccn1-c1cccc(Cl)c1. The van der Waals surface area contributed by atoms with Crippen molar-refractivity contribution in [3.63, 3.8) is 0 Å². The van der Waals surface area contributed by atoms with Gasteiger partial charge < -0.3 is 4.90 Å². The number of imidazole rings is 1. The molecule has 0 saturated heterocycles. The molecule has 0 bridgehead atoms. The lowest BCUT2D eigenvalue weighted by atomic mass is 10.3. The second-order valence-corrected chi connectivity index (χ2v) is 5.52. The first-order chi connectivity index (χ1) is 9.08. The lowest BCUT2D eigenvalue weighted by Gasteiger charge is -2.10. The lowest BCUT2D eigenvalue weighted by molar-refractivity contribution is -0.125. The number of carbonyl (C=O) groups is 1. The zero-order valence-corrected chi connectivity index (χ0v) is 12.3. The summed E-state index contributed by atoms with van der Waals surface area (Å²) in [5.74, 6) is 0.426. The molecule has 0 aliphatic carbocycles. The molecule has 1 amide bonds. The Morgan fingerprint density at radius 2 is 2.26 bits per heavy atom. The molecule has 0 aliphatic heterocycles. The van der Waals surface area contributed by atoms with Gasteiger partial charge in [0.1, 0.15) is 0 Å². The second-order valence-electron chi connectivity index (χ2n) is 4.14. The first-order valence-corrected chi connectivity index (χ1v) is 7.06. The van der Waals surface area contributed by atoms with Gasteiger partial charge in [0.25, 0.3) is 0 Å².